The van der Waals surface area contributed by atoms with Crippen molar-refractivity contribution in [3.8, 4) is 17.2 Å². The fraction of sp³-hybridized carbons (Fsp3) is 0.409. The number of phenols is 1. The van der Waals surface area contributed by atoms with Crippen LogP contribution in [0.4, 0.5) is 5.69 Å². The molecular weight excluding hydrogens is 518 g/mol. The highest BCUT2D eigenvalue weighted by molar-refractivity contribution is 9.11. The van der Waals surface area contributed by atoms with Gasteiger partial charge in [-0.15, -0.1) is 0 Å². The first-order valence-corrected chi connectivity index (χ1v) is 11.4. The fourth-order valence-electron chi connectivity index (χ4n) is 2.81. The fourth-order valence-corrected chi connectivity index (χ4v) is 4.16. The van der Waals surface area contributed by atoms with Gasteiger partial charge in [0.05, 0.1) is 15.4 Å². The number of phenolic OH excluding ortho intramolecular Hbond substituents is 1. The molecule has 0 aromatic heterocycles. The molecule has 0 radical (unpaired) electrons. The highest BCUT2D eigenvalue weighted by Crippen LogP contribution is 2.40. The Morgan fingerprint density at radius 1 is 1.07 bits per heavy atom. The molecule has 2 rings (SSSR count). The zero-order chi connectivity index (χ0) is 22.3. The number of benzene rings is 2. The predicted molar refractivity (Wildman–Crippen MR) is 124 cm³/mol. The van der Waals surface area contributed by atoms with Gasteiger partial charge < -0.3 is 24.6 Å². The zero-order valence-electron chi connectivity index (χ0n) is 17.5. The average molecular weight is 545 g/mol. The van der Waals surface area contributed by atoms with Crippen LogP contribution >= 0.6 is 31.9 Å². The molecule has 0 aliphatic heterocycles. The van der Waals surface area contributed by atoms with Crippen molar-refractivity contribution >= 4 is 43.5 Å². The Morgan fingerprint density at radius 3 is 2.20 bits per heavy atom. The molecule has 30 heavy (non-hydrogen) atoms. The van der Waals surface area contributed by atoms with E-state index in [0.717, 1.165) is 5.56 Å². The van der Waals surface area contributed by atoms with Gasteiger partial charge in [-0.1, -0.05) is 13.8 Å². The molecule has 0 fully saturated rings. The van der Waals surface area contributed by atoms with Crippen LogP contribution in [0, 0.1) is 0 Å². The number of hydrogen-bond donors (Lipinski definition) is 2. The summed E-state index contributed by atoms with van der Waals surface area (Å²) in [5.41, 5.74) is 1.41. The molecule has 0 saturated heterocycles. The molecule has 0 saturated carbocycles. The zero-order valence-corrected chi connectivity index (χ0v) is 20.7. The Morgan fingerprint density at radius 2 is 1.67 bits per heavy atom. The van der Waals surface area contributed by atoms with Crippen LogP contribution < -0.4 is 10.1 Å². The molecule has 8 heteroatoms. The van der Waals surface area contributed by atoms with Gasteiger partial charge >= 0.3 is 0 Å². The molecule has 0 aliphatic carbocycles. The molecule has 1 amide bonds. The Kier molecular flexibility index (Phi) is 9.61. The van der Waals surface area contributed by atoms with Crippen LogP contribution in [0.2, 0.25) is 0 Å². The summed E-state index contributed by atoms with van der Waals surface area (Å²) in [4.78, 5) is 12.3. The number of amides is 1. The third kappa shape index (κ3) is 6.97. The van der Waals surface area contributed by atoms with Gasteiger partial charge in [0.2, 0.25) is 5.91 Å². The summed E-state index contributed by atoms with van der Waals surface area (Å²) in [6.07, 6.45) is -0.472. The second-order valence-electron chi connectivity index (χ2n) is 6.84. The third-order valence-corrected chi connectivity index (χ3v) is 5.36. The molecular formula is C22H27Br2NO5. The summed E-state index contributed by atoms with van der Waals surface area (Å²) >= 11 is 7.01. The molecule has 2 N–H and O–H groups in total. The molecule has 0 unspecified atom stereocenters. The van der Waals surface area contributed by atoms with Gasteiger partial charge in [-0.3, -0.25) is 4.79 Å². The molecule has 0 heterocycles. The summed E-state index contributed by atoms with van der Waals surface area (Å²) < 4.78 is 18.2. The van der Waals surface area contributed by atoms with E-state index in [4.69, 9.17) is 14.2 Å². The number of halogens is 2. The van der Waals surface area contributed by atoms with E-state index in [-0.39, 0.29) is 24.0 Å². The smallest absolute Gasteiger partial charge is 0.229 e. The summed E-state index contributed by atoms with van der Waals surface area (Å²) in [6.45, 7) is 8.66. The quantitative estimate of drug-likeness (QED) is 0.331. The van der Waals surface area contributed by atoms with E-state index in [2.05, 4.69) is 37.2 Å². The van der Waals surface area contributed by atoms with Crippen LogP contribution in [0.25, 0.3) is 0 Å². The van der Waals surface area contributed by atoms with Crippen LogP contribution in [0.1, 0.15) is 45.6 Å². The number of nitrogens with one attached hydrogen (secondary N) is 1. The van der Waals surface area contributed by atoms with Crippen molar-refractivity contribution in [3.05, 3.63) is 44.8 Å². The molecule has 2 aromatic rings. The van der Waals surface area contributed by atoms with Crippen molar-refractivity contribution in [3.63, 3.8) is 0 Å². The monoisotopic (exact) mass is 543 g/mol. The Labute approximate surface area is 194 Å². The van der Waals surface area contributed by atoms with Crippen molar-refractivity contribution in [1.82, 2.24) is 0 Å². The van der Waals surface area contributed by atoms with Crippen LogP contribution in [0.3, 0.4) is 0 Å². The lowest BCUT2D eigenvalue weighted by molar-refractivity contribution is -0.150. The maximum atomic E-state index is 12.3. The largest absolute Gasteiger partial charge is 0.508 e. The third-order valence-electron chi connectivity index (χ3n) is 4.18. The standard InChI is InChI=1S/C22H27Br2NO5/c1-5-28-21(29-6-2)12-20(27)25-14-9-17(23)22(18(24)10-14)30-15-7-8-19(26)16(11-15)13(3)4/h7-11,13,21,26H,5-6,12H2,1-4H3,(H,25,27). The second-order valence-corrected chi connectivity index (χ2v) is 8.55. The number of carbonyl (C=O) groups excluding carboxylic acids is 1. The first-order valence-electron chi connectivity index (χ1n) is 9.77. The van der Waals surface area contributed by atoms with Crippen LogP contribution in [0.15, 0.2) is 39.3 Å². The number of carbonyl (C=O) groups is 1. The molecule has 0 spiro atoms. The van der Waals surface area contributed by atoms with Gasteiger partial charge in [0.15, 0.2) is 12.0 Å². The second kappa shape index (κ2) is 11.7. The van der Waals surface area contributed by atoms with Crippen molar-refractivity contribution in [1.29, 1.82) is 0 Å². The number of aromatic hydroxyl groups is 1. The summed E-state index contributed by atoms with van der Waals surface area (Å²) in [5.74, 6) is 1.36. The van der Waals surface area contributed by atoms with Crippen LogP contribution in [-0.2, 0) is 14.3 Å². The molecule has 164 valence electrons. The molecule has 0 bridgehead atoms. The first-order chi connectivity index (χ1) is 14.2. The van der Waals surface area contributed by atoms with Gasteiger partial charge in [0.1, 0.15) is 11.5 Å². The van der Waals surface area contributed by atoms with Crippen molar-refractivity contribution in [2.45, 2.75) is 46.3 Å². The Bertz CT molecular complexity index is 844. The Balaban J connectivity index is 2.14. The van der Waals surface area contributed by atoms with E-state index in [9.17, 15) is 9.90 Å². The summed E-state index contributed by atoms with van der Waals surface area (Å²) in [6, 6.07) is 8.66. The lowest BCUT2D eigenvalue weighted by Crippen LogP contribution is -2.25. The summed E-state index contributed by atoms with van der Waals surface area (Å²) in [7, 11) is 0. The molecule has 0 aliphatic rings. The van der Waals surface area contributed by atoms with Gasteiger partial charge in [0.25, 0.3) is 0 Å². The minimum atomic E-state index is -0.570. The van der Waals surface area contributed by atoms with E-state index in [0.29, 0.717) is 39.3 Å². The van der Waals surface area contributed by atoms with E-state index in [1.54, 1.807) is 24.3 Å². The van der Waals surface area contributed by atoms with Crippen molar-refractivity contribution in [2.24, 2.45) is 0 Å². The molecule has 6 nitrogen and oxygen atoms in total. The topological polar surface area (TPSA) is 77.0 Å². The van der Waals surface area contributed by atoms with Gasteiger partial charge in [-0.25, -0.2) is 0 Å². The number of hydrogen-bond acceptors (Lipinski definition) is 5. The van der Waals surface area contributed by atoms with E-state index < -0.39 is 6.29 Å². The number of ether oxygens (including phenoxy) is 3. The average Bonchev–Trinajstić information content (AvgIpc) is 2.66. The minimum Gasteiger partial charge on any atom is -0.508 e. The first kappa shape index (κ1) is 24.7. The van der Waals surface area contributed by atoms with Gasteiger partial charge in [-0.05, 0) is 82.0 Å². The summed E-state index contributed by atoms with van der Waals surface area (Å²) in [5, 5.41) is 12.8. The number of rotatable bonds is 10. The van der Waals surface area contributed by atoms with Crippen LogP contribution in [0.5, 0.6) is 17.2 Å². The maximum absolute atomic E-state index is 12.3. The van der Waals surface area contributed by atoms with Crippen molar-refractivity contribution < 1.29 is 24.1 Å². The van der Waals surface area contributed by atoms with Gasteiger partial charge in [-0.2, -0.15) is 0 Å². The van der Waals surface area contributed by atoms with Crippen molar-refractivity contribution in [2.75, 3.05) is 18.5 Å². The van der Waals surface area contributed by atoms with E-state index in [1.807, 2.05) is 33.8 Å². The van der Waals surface area contributed by atoms with Crippen LogP contribution in [-0.4, -0.2) is 30.5 Å². The van der Waals surface area contributed by atoms with Gasteiger partial charge in [0, 0.05) is 24.5 Å². The molecule has 2 aromatic carbocycles. The highest BCUT2D eigenvalue weighted by Gasteiger charge is 2.17. The number of anilines is 1. The lowest BCUT2D eigenvalue weighted by Gasteiger charge is -2.17. The SMILES string of the molecule is CCOC(CC(=O)Nc1cc(Br)c(Oc2ccc(O)c(C(C)C)c2)c(Br)c1)OCC. The highest BCUT2D eigenvalue weighted by atomic mass is 79.9. The normalized spacial score (nSPS) is 11.2. The Hall–Kier alpha value is -1.61. The van der Waals surface area contributed by atoms with E-state index in [1.165, 1.54) is 0 Å². The minimum absolute atomic E-state index is 0.0979. The predicted octanol–water partition coefficient (Wildman–Crippen LogP) is 6.56. The lowest BCUT2D eigenvalue weighted by atomic mass is 10.0. The maximum Gasteiger partial charge on any atom is 0.229 e. The molecule has 0 atom stereocenters. The van der Waals surface area contributed by atoms with E-state index >= 15 is 0 Å².